The van der Waals surface area contributed by atoms with Crippen LogP contribution in [-0.4, -0.2) is 15.7 Å². The van der Waals surface area contributed by atoms with Gasteiger partial charge in [-0.1, -0.05) is 30.7 Å². The summed E-state index contributed by atoms with van der Waals surface area (Å²) in [5.74, 6) is 0.741. The van der Waals surface area contributed by atoms with Crippen molar-refractivity contribution in [3.8, 4) is 0 Å². The van der Waals surface area contributed by atoms with Gasteiger partial charge in [0.25, 0.3) is 0 Å². The molecule has 1 aromatic carbocycles. The van der Waals surface area contributed by atoms with Crippen molar-refractivity contribution >= 4 is 23.3 Å². The van der Waals surface area contributed by atoms with E-state index in [1.807, 2.05) is 30.3 Å². The predicted octanol–water partition coefficient (Wildman–Crippen LogP) is 3.52. The van der Waals surface area contributed by atoms with E-state index < -0.39 is 0 Å². The van der Waals surface area contributed by atoms with E-state index in [9.17, 15) is 4.79 Å². The highest BCUT2D eigenvalue weighted by atomic mass is 35.5. The van der Waals surface area contributed by atoms with Gasteiger partial charge in [-0.15, -0.1) is 0 Å². The molecule has 0 atom stereocenters. The SMILES string of the molecule is CCCn1nccc1NC(=O)CCc1cccc(Cl)c1. The Kier molecular flexibility index (Phi) is 5.18. The van der Waals surface area contributed by atoms with Crippen LogP contribution < -0.4 is 5.32 Å². The molecule has 0 fully saturated rings. The summed E-state index contributed by atoms with van der Waals surface area (Å²) in [7, 11) is 0. The van der Waals surface area contributed by atoms with Crippen molar-refractivity contribution in [3.63, 3.8) is 0 Å². The van der Waals surface area contributed by atoms with Crippen LogP contribution in [0.15, 0.2) is 36.5 Å². The van der Waals surface area contributed by atoms with Crippen LogP contribution in [0, 0.1) is 0 Å². The van der Waals surface area contributed by atoms with Crippen molar-refractivity contribution in [2.24, 2.45) is 0 Å². The Morgan fingerprint density at radius 1 is 1.40 bits per heavy atom. The van der Waals surface area contributed by atoms with E-state index in [1.54, 1.807) is 10.9 Å². The second kappa shape index (κ2) is 7.10. The molecule has 0 saturated heterocycles. The summed E-state index contributed by atoms with van der Waals surface area (Å²) in [6.45, 7) is 2.88. The van der Waals surface area contributed by atoms with E-state index >= 15 is 0 Å². The number of carbonyl (C=O) groups is 1. The van der Waals surface area contributed by atoms with E-state index in [2.05, 4.69) is 17.3 Å². The van der Waals surface area contributed by atoms with Gasteiger partial charge in [0.2, 0.25) is 5.91 Å². The summed E-state index contributed by atoms with van der Waals surface area (Å²) in [5.41, 5.74) is 1.06. The van der Waals surface area contributed by atoms with Gasteiger partial charge in [0.1, 0.15) is 5.82 Å². The molecule has 4 nitrogen and oxygen atoms in total. The Bertz CT molecular complexity index is 580. The van der Waals surface area contributed by atoms with Gasteiger partial charge in [0, 0.05) is 24.1 Å². The van der Waals surface area contributed by atoms with Gasteiger partial charge < -0.3 is 5.32 Å². The number of carbonyl (C=O) groups excluding carboxylic acids is 1. The van der Waals surface area contributed by atoms with E-state index in [0.29, 0.717) is 17.9 Å². The molecule has 2 aromatic rings. The molecule has 0 unspecified atom stereocenters. The highest BCUT2D eigenvalue weighted by Crippen LogP contribution is 2.13. The van der Waals surface area contributed by atoms with Gasteiger partial charge in [-0.3, -0.25) is 4.79 Å². The third kappa shape index (κ3) is 4.10. The van der Waals surface area contributed by atoms with E-state index in [-0.39, 0.29) is 5.91 Å². The minimum atomic E-state index is -0.0113. The lowest BCUT2D eigenvalue weighted by molar-refractivity contribution is -0.116. The smallest absolute Gasteiger partial charge is 0.225 e. The standard InChI is InChI=1S/C15H18ClN3O/c1-2-10-19-14(8-9-17-19)18-15(20)7-6-12-4-3-5-13(16)11-12/h3-5,8-9,11H,2,6-7,10H2,1H3,(H,18,20). The quantitative estimate of drug-likeness (QED) is 0.885. The van der Waals surface area contributed by atoms with Crippen LogP contribution in [-0.2, 0) is 17.8 Å². The van der Waals surface area contributed by atoms with Crippen molar-refractivity contribution < 1.29 is 4.79 Å². The maximum atomic E-state index is 11.9. The lowest BCUT2D eigenvalue weighted by atomic mass is 10.1. The first-order chi connectivity index (χ1) is 9.69. The van der Waals surface area contributed by atoms with Crippen molar-refractivity contribution in [1.82, 2.24) is 9.78 Å². The maximum Gasteiger partial charge on any atom is 0.225 e. The van der Waals surface area contributed by atoms with E-state index in [0.717, 1.165) is 24.3 Å². The van der Waals surface area contributed by atoms with Crippen LogP contribution in [0.3, 0.4) is 0 Å². The van der Waals surface area contributed by atoms with Gasteiger partial charge in [-0.2, -0.15) is 5.10 Å². The van der Waals surface area contributed by atoms with Crippen LogP contribution in [0.4, 0.5) is 5.82 Å². The molecular weight excluding hydrogens is 274 g/mol. The molecule has 1 heterocycles. The van der Waals surface area contributed by atoms with Crippen LogP contribution in [0.2, 0.25) is 5.02 Å². The van der Waals surface area contributed by atoms with Crippen molar-refractivity contribution in [2.45, 2.75) is 32.7 Å². The summed E-state index contributed by atoms with van der Waals surface area (Å²) in [4.78, 5) is 11.9. The Morgan fingerprint density at radius 3 is 3.00 bits per heavy atom. The summed E-state index contributed by atoms with van der Waals surface area (Å²) in [6.07, 6.45) is 3.78. The number of amides is 1. The maximum absolute atomic E-state index is 11.9. The number of hydrogen-bond acceptors (Lipinski definition) is 2. The number of nitrogens with zero attached hydrogens (tertiary/aromatic N) is 2. The number of anilines is 1. The van der Waals surface area contributed by atoms with Crippen LogP contribution in [0.1, 0.15) is 25.3 Å². The van der Waals surface area contributed by atoms with Crippen LogP contribution in [0.5, 0.6) is 0 Å². The van der Waals surface area contributed by atoms with Gasteiger partial charge >= 0.3 is 0 Å². The average molecular weight is 292 g/mol. The largest absolute Gasteiger partial charge is 0.311 e. The zero-order valence-corrected chi connectivity index (χ0v) is 12.2. The third-order valence-electron chi connectivity index (χ3n) is 2.95. The molecule has 0 spiro atoms. The summed E-state index contributed by atoms with van der Waals surface area (Å²) in [5, 5.41) is 7.76. The molecule has 0 aliphatic rings. The first-order valence-electron chi connectivity index (χ1n) is 6.75. The normalized spacial score (nSPS) is 10.5. The third-order valence-corrected chi connectivity index (χ3v) is 3.18. The number of aromatic nitrogens is 2. The zero-order chi connectivity index (χ0) is 14.4. The highest BCUT2D eigenvalue weighted by molar-refractivity contribution is 6.30. The summed E-state index contributed by atoms with van der Waals surface area (Å²) in [6, 6.07) is 9.39. The Hall–Kier alpha value is -1.81. The molecule has 2 rings (SSSR count). The molecule has 1 N–H and O–H groups in total. The number of rotatable bonds is 6. The fraction of sp³-hybridized carbons (Fsp3) is 0.333. The van der Waals surface area contributed by atoms with Gasteiger partial charge in [0.15, 0.2) is 0 Å². The second-order valence-electron chi connectivity index (χ2n) is 4.62. The molecule has 5 heteroatoms. The molecule has 0 aliphatic heterocycles. The number of nitrogens with one attached hydrogen (secondary N) is 1. The summed E-state index contributed by atoms with van der Waals surface area (Å²) >= 11 is 5.92. The lowest BCUT2D eigenvalue weighted by Crippen LogP contribution is -2.16. The number of hydrogen-bond donors (Lipinski definition) is 1. The number of aryl methyl sites for hydroxylation is 2. The first-order valence-corrected chi connectivity index (χ1v) is 7.13. The average Bonchev–Trinajstić information content (AvgIpc) is 2.84. The minimum absolute atomic E-state index is 0.0113. The monoisotopic (exact) mass is 291 g/mol. The predicted molar refractivity (Wildman–Crippen MR) is 80.9 cm³/mol. The van der Waals surface area contributed by atoms with Crippen molar-refractivity contribution in [1.29, 1.82) is 0 Å². The van der Waals surface area contributed by atoms with Crippen LogP contribution in [0.25, 0.3) is 0 Å². The molecule has 20 heavy (non-hydrogen) atoms. The Balaban J connectivity index is 1.88. The van der Waals surface area contributed by atoms with Crippen molar-refractivity contribution in [3.05, 3.63) is 47.1 Å². The molecule has 1 amide bonds. The van der Waals surface area contributed by atoms with Gasteiger partial charge in [0.05, 0.1) is 6.20 Å². The molecule has 106 valence electrons. The van der Waals surface area contributed by atoms with Crippen LogP contribution >= 0.6 is 11.6 Å². The zero-order valence-electron chi connectivity index (χ0n) is 11.5. The molecular formula is C15H18ClN3O. The highest BCUT2D eigenvalue weighted by Gasteiger charge is 2.07. The summed E-state index contributed by atoms with van der Waals surface area (Å²) < 4.78 is 1.80. The number of halogens is 1. The van der Waals surface area contributed by atoms with Gasteiger partial charge in [-0.25, -0.2) is 4.68 Å². The molecule has 0 aliphatic carbocycles. The lowest BCUT2D eigenvalue weighted by Gasteiger charge is -2.08. The Morgan fingerprint density at radius 2 is 2.25 bits per heavy atom. The molecule has 0 saturated carbocycles. The van der Waals surface area contributed by atoms with Crippen molar-refractivity contribution in [2.75, 3.05) is 5.32 Å². The van der Waals surface area contributed by atoms with E-state index in [4.69, 9.17) is 11.6 Å². The first kappa shape index (κ1) is 14.6. The second-order valence-corrected chi connectivity index (χ2v) is 5.05. The fourth-order valence-corrected chi connectivity index (χ4v) is 2.20. The van der Waals surface area contributed by atoms with E-state index in [1.165, 1.54) is 0 Å². The van der Waals surface area contributed by atoms with Gasteiger partial charge in [-0.05, 0) is 30.5 Å². The topological polar surface area (TPSA) is 46.9 Å². The molecule has 0 radical (unpaired) electrons. The number of benzene rings is 1. The Labute approximate surface area is 123 Å². The minimum Gasteiger partial charge on any atom is -0.311 e. The molecule has 0 bridgehead atoms. The molecule has 1 aromatic heterocycles. The fourth-order valence-electron chi connectivity index (χ4n) is 1.98.